The summed E-state index contributed by atoms with van der Waals surface area (Å²) in [5.41, 5.74) is 8.45. The van der Waals surface area contributed by atoms with E-state index in [4.69, 9.17) is 15.6 Å². The third-order valence-corrected chi connectivity index (χ3v) is 5.82. The van der Waals surface area contributed by atoms with Crippen LogP contribution in [0.2, 0.25) is 0 Å². The second-order valence-electron chi connectivity index (χ2n) is 7.46. The van der Waals surface area contributed by atoms with Gasteiger partial charge in [0.2, 0.25) is 5.91 Å². The highest BCUT2D eigenvalue weighted by Gasteiger charge is 2.48. The van der Waals surface area contributed by atoms with Crippen LogP contribution < -0.4 is 15.5 Å². The highest BCUT2D eigenvalue weighted by Crippen LogP contribution is 2.39. The number of carbonyl (C=O) groups is 2. The van der Waals surface area contributed by atoms with Gasteiger partial charge in [-0.25, -0.2) is 4.79 Å². The van der Waals surface area contributed by atoms with Crippen LogP contribution in [0, 0.1) is 6.92 Å². The van der Waals surface area contributed by atoms with Gasteiger partial charge >= 0.3 is 12.1 Å². The number of likely N-dealkylation sites (tertiary alicyclic amines) is 1. The number of benzene rings is 1. The smallest absolute Gasteiger partial charge is 0.475 e. The van der Waals surface area contributed by atoms with Gasteiger partial charge in [-0.1, -0.05) is 0 Å². The lowest BCUT2D eigenvalue weighted by molar-refractivity contribution is -0.192. The molecule has 0 radical (unpaired) electrons. The van der Waals surface area contributed by atoms with Gasteiger partial charge in [-0.15, -0.1) is 0 Å². The molecule has 0 aliphatic carbocycles. The van der Waals surface area contributed by atoms with Crippen molar-refractivity contribution in [3.8, 4) is 0 Å². The molecule has 2 heterocycles. The molecule has 0 bridgehead atoms. The molecule has 2 aliphatic heterocycles. The summed E-state index contributed by atoms with van der Waals surface area (Å²) in [7, 11) is 0. The molecule has 9 heteroatoms. The first-order valence-corrected chi connectivity index (χ1v) is 9.29. The van der Waals surface area contributed by atoms with Crippen molar-refractivity contribution in [2.24, 2.45) is 5.73 Å². The number of nitrogens with one attached hydrogen (secondary N) is 1. The summed E-state index contributed by atoms with van der Waals surface area (Å²) < 4.78 is 32.8. The highest BCUT2D eigenvalue weighted by molar-refractivity contribution is 5.94. The number of rotatable bonds is 3. The molecule has 28 heavy (non-hydrogen) atoms. The number of nitrogens with zero attached hydrogens (tertiary/aromatic N) is 1. The zero-order chi connectivity index (χ0) is 21.1. The summed E-state index contributed by atoms with van der Waals surface area (Å²) in [6.45, 7) is 7.80. The van der Waals surface area contributed by atoms with Crippen molar-refractivity contribution in [2.75, 3.05) is 19.6 Å². The maximum atomic E-state index is 11.5. The number of aliphatic carboxylic acids is 1. The number of amides is 1. The molecule has 3 atom stereocenters. The molecule has 156 valence electrons. The Labute approximate surface area is 162 Å². The van der Waals surface area contributed by atoms with E-state index in [-0.39, 0.29) is 5.91 Å². The van der Waals surface area contributed by atoms with Gasteiger partial charge in [-0.05, 0) is 31.5 Å². The molecule has 3 unspecified atom stereocenters. The first-order valence-electron chi connectivity index (χ1n) is 9.29. The first kappa shape index (κ1) is 22.2. The molecular weight excluding hydrogens is 375 g/mol. The number of hydrogen-bond donors (Lipinski definition) is 3. The van der Waals surface area contributed by atoms with E-state index in [0.29, 0.717) is 17.6 Å². The van der Waals surface area contributed by atoms with Crippen LogP contribution in [0.1, 0.15) is 42.1 Å². The Balaban J connectivity index is 0.000000345. The SMILES string of the molecule is Cc1cc([N+]2(C3CCNC3)CCCC2C)ccc1C(N)=O.O=C(O)C(F)(F)F. The molecule has 1 aromatic rings. The van der Waals surface area contributed by atoms with Gasteiger partial charge in [0.15, 0.2) is 0 Å². The number of nitrogens with two attached hydrogens (primary N) is 1. The topological polar surface area (TPSA) is 92.4 Å². The lowest BCUT2D eigenvalue weighted by Crippen LogP contribution is -2.59. The Hall–Kier alpha value is -2.13. The van der Waals surface area contributed by atoms with E-state index >= 15 is 0 Å². The van der Waals surface area contributed by atoms with Crippen LogP contribution in [0.5, 0.6) is 0 Å². The maximum Gasteiger partial charge on any atom is 0.490 e. The molecule has 0 saturated carbocycles. The minimum Gasteiger partial charge on any atom is -0.475 e. The fourth-order valence-electron chi connectivity index (χ4n) is 4.45. The number of carboxylic acids is 1. The fraction of sp³-hybridized carbons (Fsp3) is 0.579. The van der Waals surface area contributed by atoms with E-state index in [2.05, 4.69) is 24.4 Å². The fourth-order valence-corrected chi connectivity index (χ4v) is 4.45. The average Bonchev–Trinajstić information content (AvgIpc) is 3.24. The Morgan fingerprint density at radius 2 is 1.93 bits per heavy atom. The van der Waals surface area contributed by atoms with Crippen molar-refractivity contribution in [1.29, 1.82) is 0 Å². The largest absolute Gasteiger partial charge is 0.490 e. The second-order valence-corrected chi connectivity index (χ2v) is 7.46. The number of aryl methyl sites for hydroxylation is 1. The van der Waals surface area contributed by atoms with Gasteiger partial charge in [0.25, 0.3) is 0 Å². The second kappa shape index (κ2) is 8.48. The van der Waals surface area contributed by atoms with E-state index in [1.165, 1.54) is 31.5 Å². The number of quaternary nitrogens is 1. The van der Waals surface area contributed by atoms with E-state index in [1.54, 1.807) is 0 Å². The summed E-state index contributed by atoms with van der Waals surface area (Å²) >= 11 is 0. The minimum absolute atomic E-state index is 0.331. The van der Waals surface area contributed by atoms with Gasteiger partial charge in [0.05, 0.1) is 12.6 Å². The Bertz CT molecular complexity index is 733. The number of hydrogen-bond acceptors (Lipinski definition) is 3. The van der Waals surface area contributed by atoms with Crippen molar-refractivity contribution in [3.63, 3.8) is 0 Å². The third kappa shape index (κ3) is 4.47. The van der Waals surface area contributed by atoms with Crippen molar-refractivity contribution < 1.29 is 27.9 Å². The maximum absolute atomic E-state index is 11.5. The van der Waals surface area contributed by atoms with Crippen molar-refractivity contribution >= 4 is 17.6 Å². The van der Waals surface area contributed by atoms with Gasteiger partial charge < -0.3 is 16.2 Å². The molecule has 2 saturated heterocycles. The normalized spacial score (nSPS) is 27.2. The van der Waals surface area contributed by atoms with Crippen molar-refractivity contribution in [1.82, 2.24) is 9.80 Å². The molecule has 1 amide bonds. The predicted octanol–water partition coefficient (Wildman–Crippen LogP) is 2.58. The van der Waals surface area contributed by atoms with Crippen LogP contribution in [0.15, 0.2) is 18.2 Å². The highest BCUT2D eigenvalue weighted by atomic mass is 19.4. The van der Waals surface area contributed by atoms with Crippen LogP contribution in [0.25, 0.3) is 0 Å². The first-order chi connectivity index (χ1) is 13.0. The van der Waals surface area contributed by atoms with Crippen LogP contribution in [-0.4, -0.2) is 54.9 Å². The zero-order valence-electron chi connectivity index (χ0n) is 16.1. The quantitative estimate of drug-likeness (QED) is 0.678. The molecule has 3 rings (SSSR count). The summed E-state index contributed by atoms with van der Waals surface area (Å²) in [4.78, 5) is 20.4. The Morgan fingerprint density at radius 3 is 2.32 bits per heavy atom. The van der Waals surface area contributed by atoms with Crippen LogP contribution in [0.3, 0.4) is 0 Å². The Kier molecular flexibility index (Phi) is 6.71. The summed E-state index contributed by atoms with van der Waals surface area (Å²) in [5.74, 6) is -3.09. The van der Waals surface area contributed by atoms with Crippen LogP contribution in [0.4, 0.5) is 18.9 Å². The van der Waals surface area contributed by atoms with Gasteiger partial charge in [0.1, 0.15) is 11.7 Å². The van der Waals surface area contributed by atoms with Crippen LogP contribution >= 0.6 is 0 Å². The summed E-state index contributed by atoms with van der Waals surface area (Å²) in [6.07, 6.45) is -1.28. The van der Waals surface area contributed by atoms with E-state index in [9.17, 15) is 18.0 Å². The molecule has 2 fully saturated rings. The van der Waals surface area contributed by atoms with E-state index in [0.717, 1.165) is 23.1 Å². The van der Waals surface area contributed by atoms with Crippen molar-refractivity contribution in [2.45, 2.75) is 51.4 Å². The van der Waals surface area contributed by atoms with E-state index < -0.39 is 12.1 Å². The Morgan fingerprint density at radius 1 is 1.29 bits per heavy atom. The van der Waals surface area contributed by atoms with Gasteiger partial charge in [0, 0.05) is 44.0 Å². The van der Waals surface area contributed by atoms with Gasteiger partial charge in [-0.2, -0.15) is 13.2 Å². The molecule has 6 nitrogen and oxygen atoms in total. The number of alkyl halides is 3. The molecular formula is C19H27F3N3O3+. The lowest BCUT2D eigenvalue weighted by atomic mass is 10.0. The number of primary amides is 1. The number of carbonyl (C=O) groups excluding carboxylic acids is 1. The zero-order valence-corrected chi connectivity index (χ0v) is 16.1. The number of carboxylic acid groups (broad SMARTS) is 1. The monoisotopic (exact) mass is 402 g/mol. The molecule has 1 aromatic carbocycles. The summed E-state index contributed by atoms with van der Waals surface area (Å²) in [5, 5.41) is 10.6. The standard InChI is InChI=1S/C17H25N3O.C2HF3O2/c1-12-10-14(5-6-16(12)17(18)21)20(9-3-4-13(20)2)15-7-8-19-11-15;3-2(4,5)1(6)7/h5-6,10,13,15,19H,3-4,7-9,11H2,1-2H3,(H-,18,21);(H,6,7)/p+1. The van der Waals surface area contributed by atoms with Crippen LogP contribution in [-0.2, 0) is 4.79 Å². The van der Waals surface area contributed by atoms with Crippen molar-refractivity contribution in [3.05, 3.63) is 29.3 Å². The number of halogens is 3. The third-order valence-electron chi connectivity index (χ3n) is 5.82. The minimum atomic E-state index is -5.08. The lowest BCUT2D eigenvalue weighted by Gasteiger charge is -2.43. The molecule has 0 aromatic heterocycles. The molecule has 4 N–H and O–H groups in total. The van der Waals surface area contributed by atoms with E-state index in [1.807, 2.05) is 13.0 Å². The molecule has 2 aliphatic rings. The molecule has 0 spiro atoms. The average molecular weight is 402 g/mol. The van der Waals surface area contributed by atoms with Gasteiger partial charge in [-0.3, -0.25) is 9.28 Å². The predicted molar refractivity (Wildman–Crippen MR) is 100 cm³/mol. The summed E-state index contributed by atoms with van der Waals surface area (Å²) in [6, 6.07) is 7.54.